The zero-order valence-corrected chi connectivity index (χ0v) is 11.1. The normalized spacial score (nSPS) is 13.3. The summed E-state index contributed by atoms with van der Waals surface area (Å²) < 4.78 is 40.0. The topological polar surface area (TPSA) is 58.6 Å². The molecule has 1 rings (SSSR count). The van der Waals surface area contributed by atoms with Gasteiger partial charge in [0.1, 0.15) is 11.8 Å². The Hall–Kier alpha value is -1.76. The Bertz CT molecular complexity index is 460. The summed E-state index contributed by atoms with van der Waals surface area (Å²) >= 11 is 0. The summed E-state index contributed by atoms with van der Waals surface area (Å²) in [7, 11) is 0. The van der Waals surface area contributed by atoms with Crippen LogP contribution < -0.4 is 10.1 Å². The van der Waals surface area contributed by atoms with Crippen LogP contribution in [0, 0.1) is 5.92 Å². The first kappa shape index (κ1) is 16.3. The number of carboxylic acids is 1. The average Bonchev–Trinajstić information content (AvgIpc) is 2.26. The molecule has 0 radical (unpaired) electrons. The zero-order chi connectivity index (χ0) is 15.3. The van der Waals surface area contributed by atoms with E-state index < -0.39 is 18.4 Å². The number of alkyl halides is 3. The third-order valence-electron chi connectivity index (χ3n) is 2.59. The maximum atomic E-state index is 12.1. The zero-order valence-electron chi connectivity index (χ0n) is 11.1. The molecule has 0 saturated carbocycles. The first-order valence-electron chi connectivity index (χ1n) is 6.00. The Kier molecular flexibility index (Phi) is 5.38. The molecule has 0 amide bonds. The van der Waals surface area contributed by atoms with Gasteiger partial charge in [-0.05, 0) is 23.6 Å². The molecule has 7 heteroatoms. The van der Waals surface area contributed by atoms with Crippen LogP contribution in [-0.2, 0) is 11.3 Å². The van der Waals surface area contributed by atoms with E-state index in [1.54, 1.807) is 19.9 Å². The molecule has 20 heavy (non-hydrogen) atoms. The molecule has 0 bridgehead atoms. The third-order valence-corrected chi connectivity index (χ3v) is 2.59. The molecule has 1 unspecified atom stereocenters. The molecule has 0 spiro atoms. The fourth-order valence-corrected chi connectivity index (χ4v) is 1.69. The minimum Gasteiger partial charge on any atom is -0.480 e. The van der Waals surface area contributed by atoms with Gasteiger partial charge in [0, 0.05) is 6.54 Å². The van der Waals surface area contributed by atoms with E-state index in [1.165, 1.54) is 18.2 Å². The van der Waals surface area contributed by atoms with Crippen LogP contribution in [0.5, 0.6) is 5.75 Å². The van der Waals surface area contributed by atoms with Crippen molar-refractivity contribution in [1.29, 1.82) is 0 Å². The van der Waals surface area contributed by atoms with Crippen LogP contribution in [-0.4, -0.2) is 23.5 Å². The van der Waals surface area contributed by atoms with Gasteiger partial charge in [0.25, 0.3) is 0 Å². The van der Waals surface area contributed by atoms with Crippen LogP contribution in [0.25, 0.3) is 0 Å². The Morgan fingerprint density at radius 1 is 1.40 bits per heavy atom. The molecule has 0 aliphatic heterocycles. The average molecular weight is 291 g/mol. The first-order valence-corrected chi connectivity index (χ1v) is 6.00. The van der Waals surface area contributed by atoms with Crippen molar-refractivity contribution in [3.8, 4) is 5.75 Å². The van der Waals surface area contributed by atoms with Crippen LogP contribution in [0.15, 0.2) is 24.3 Å². The van der Waals surface area contributed by atoms with Gasteiger partial charge >= 0.3 is 12.3 Å². The van der Waals surface area contributed by atoms with Crippen molar-refractivity contribution in [2.45, 2.75) is 32.8 Å². The van der Waals surface area contributed by atoms with Crippen molar-refractivity contribution in [3.63, 3.8) is 0 Å². The predicted molar refractivity (Wildman–Crippen MR) is 66.2 cm³/mol. The highest BCUT2D eigenvalue weighted by molar-refractivity contribution is 5.73. The summed E-state index contributed by atoms with van der Waals surface area (Å²) in [5.74, 6) is -1.46. The van der Waals surface area contributed by atoms with Gasteiger partial charge < -0.3 is 15.2 Å². The van der Waals surface area contributed by atoms with Gasteiger partial charge in [-0.2, -0.15) is 0 Å². The van der Waals surface area contributed by atoms with Gasteiger partial charge in [-0.15, -0.1) is 13.2 Å². The monoisotopic (exact) mass is 291 g/mol. The highest BCUT2D eigenvalue weighted by atomic mass is 19.4. The predicted octanol–water partition coefficient (Wildman–Crippen LogP) is 2.78. The molecule has 2 N–H and O–H groups in total. The number of benzene rings is 1. The summed E-state index contributed by atoms with van der Waals surface area (Å²) in [4.78, 5) is 11.0. The molecule has 1 atom stereocenters. The van der Waals surface area contributed by atoms with Crippen molar-refractivity contribution in [3.05, 3.63) is 29.8 Å². The lowest BCUT2D eigenvalue weighted by Gasteiger charge is -2.18. The Morgan fingerprint density at radius 2 is 2.05 bits per heavy atom. The minimum atomic E-state index is -4.74. The smallest absolute Gasteiger partial charge is 0.480 e. The van der Waals surface area contributed by atoms with Crippen LogP contribution in [0.4, 0.5) is 13.2 Å². The summed E-state index contributed by atoms with van der Waals surface area (Å²) in [5, 5.41) is 11.8. The van der Waals surface area contributed by atoms with Crippen molar-refractivity contribution in [1.82, 2.24) is 5.32 Å². The number of carboxylic acid groups (broad SMARTS) is 1. The number of hydrogen-bond acceptors (Lipinski definition) is 3. The molecular weight excluding hydrogens is 275 g/mol. The van der Waals surface area contributed by atoms with Gasteiger partial charge in [-0.3, -0.25) is 4.79 Å². The van der Waals surface area contributed by atoms with Gasteiger partial charge in [-0.1, -0.05) is 26.0 Å². The molecular formula is C13H16F3NO3. The van der Waals surface area contributed by atoms with E-state index >= 15 is 0 Å². The molecule has 0 fully saturated rings. The number of carbonyl (C=O) groups is 1. The lowest BCUT2D eigenvalue weighted by Crippen LogP contribution is -2.40. The number of hydrogen-bond donors (Lipinski definition) is 2. The molecule has 0 heterocycles. The minimum absolute atomic E-state index is 0.137. The van der Waals surface area contributed by atoms with Crippen molar-refractivity contribution < 1.29 is 27.8 Å². The van der Waals surface area contributed by atoms with Crippen LogP contribution in [0.3, 0.4) is 0 Å². The molecule has 0 aliphatic rings. The number of halogens is 3. The number of ether oxygens (including phenoxy) is 1. The standard InChI is InChI=1S/C13H16F3NO3/c1-8(2)11(12(18)19)17-7-9-4-3-5-10(6-9)20-13(14,15)16/h3-6,8,11,17H,7H2,1-2H3,(H,18,19). The highest BCUT2D eigenvalue weighted by Crippen LogP contribution is 2.23. The Morgan fingerprint density at radius 3 is 2.55 bits per heavy atom. The maximum Gasteiger partial charge on any atom is 0.573 e. The second kappa shape index (κ2) is 6.60. The van der Waals surface area contributed by atoms with E-state index in [1.807, 2.05) is 0 Å². The maximum absolute atomic E-state index is 12.1. The fraction of sp³-hybridized carbons (Fsp3) is 0.462. The van der Waals surface area contributed by atoms with Gasteiger partial charge in [0.2, 0.25) is 0 Å². The molecule has 0 aromatic heterocycles. The van der Waals surface area contributed by atoms with E-state index in [2.05, 4.69) is 10.1 Å². The third kappa shape index (κ3) is 5.48. The second-order valence-electron chi connectivity index (χ2n) is 4.64. The molecule has 0 aliphatic carbocycles. The van der Waals surface area contributed by atoms with Crippen LogP contribution in [0.2, 0.25) is 0 Å². The highest BCUT2D eigenvalue weighted by Gasteiger charge is 2.31. The molecule has 0 saturated heterocycles. The van der Waals surface area contributed by atoms with E-state index in [4.69, 9.17) is 5.11 Å². The summed E-state index contributed by atoms with van der Waals surface area (Å²) in [6, 6.07) is 4.66. The fourth-order valence-electron chi connectivity index (χ4n) is 1.69. The summed E-state index contributed by atoms with van der Waals surface area (Å²) in [6.45, 7) is 3.63. The molecule has 112 valence electrons. The van der Waals surface area contributed by atoms with Crippen molar-refractivity contribution >= 4 is 5.97 Å². The van der Waals surface area contributed by atoms with Gasteiger partial charge in [0.15, 0.2) is 0 Å². The Labute approximate surface area is 114 Å². The van der Waals surface area contributed by atoms with E-state index in [9.17, 15) is 18.0 Å². The second-order valence-corrected chi connectivity index (χ2v) is 4.64. The van der Waals surface area contributed by atoms with Crippen molar-refractivity contribution in [2.24, 2.45) is 5.92 Å². The largest absolute Gasteiger partial charge is 0.573 e. The number of nitrogens with one attached hydrogen (secondary N) is 1. The van der Waals surface area contributed by atoms with Gasteiger partial charge in [-0.25, -0.2) is 0 Å². The lowest BCUT2D eigenvalue weighted by molar-refractivity contribution is -0.274. The summed E-state index contributed by atoms with van der Waals surface area (Å²) in [6.07, 6.45) is -4.74. The van der Waals surface area contributed by atoms with Gasteiger partial charge in [0.05, 0.1) is 0 Å². The molecule has 1 aromatic rings. The van der Waals surface area contributed by atoms with E-state index in [0.29, 0.717) is 5.56 Å². The molecule has 4 nitrogen and oxygen atoms in total. The Balaban J connectivity index is 2.69. The van der Waals surface area contributed by atoms with Crippen LogP contribution in [0.1, 0.15) is 19.4 Å². The molecule has 1 aromatic carbocycles. The lowest BCUT2D eigenvalue weighted by atomic mass is 10.0. The first-order chi connectivity index (χ1) is 9.19. The number of rotatable bonds is 6. The van der Waals surface area contributed by atoms with E-state index in [0.717, 1.165) is 0 Å². The quantitative estimate of drug-likeness (QED) is 0.846. The van der Waals surface area contributed by atoms with E-state index in [-0.39, 0.29) is 18.2 Å². The summed E-state index contributed by atoms with van der Waals surface area (Å²) in [5.41, 5.74) is 0.513. The van der Waals surface area contributed by atoms with Crippen molar-refractivity contribution in [2.75, 3.05) is 0 Å². The number of aliphatic carboxylic acids is 1. The van der Waals surface area contributed by atoms with Crippen LogP contribution >= 0.6 is 0 Å². The SMILES string of the molecule is CC(C)C(NCc1cccc(OC(F)(F)F)c1)C(=O)O.